The molecule has 2 N–H and O–H groups in total. The maximum absolute atomic E-state index is 12.9. The molecule has 130 valence electrons. The summed E-state index contributed by atoms with van der Waals surface area (Å²) in [5.41, 5.74) is 1.43. The van der Waals surface area contributed by atoms with E-state index >= 15 is 0 Å². The van der Waals surface area contributed by atoms with Gasteiger partial charge < -0.3 is 15.4 Å². The van der Waals surface area contributed by atoms with E-state index in [4.69, 9.17) is 4.74 Å². The highest BCUT2D eigenvalue weighted by Gasteiger charge is 2.16. The van der Waals surface area contributed by atoms with Crippen molar-refractivity contribution < 1.29 is 18.7 Å². The summed E-state index contributed by atoms with van der Waals surface area (Å²) in [7, 11) is 0. The molecule has 2 aromatic carbocycles. The Kier molecular flexibility index (Phi) is 5.40. The van der Waals surface area contributed by atoms with E-state index in [1.54, 1.807) is 24.3 Å². The van der Waals surface area contributed by atoms with Gasteiger partial charge in [0.2, 0.25) is 0 Å². The van der Waals surface area contributed by atoms with Crippen molar-refractivity contribution in [3.05, 3.63) is 65.5 Å². The van der Waals surface area contributed by atoms with Gasteiger partial charge in [0, 0.05) is 30.0 Å². The minimum Gasteiger partial charge on any atom is -0.376 e. The van der Waals surface area contributed by atoms with E-state index in [1.165, 1.54) is 24.3 Å². The van der Waals surface area contributed by atoms with Gasteiger partial charge in [-0.3, -0.25) is 9.59 Å². The fourth-order valence-corrected chi connectivity index (χ4v) is 2.62. The van der Waals surface area contributed by atoms with E-state index in [9.17, 15) is 14.0 Å². The Labute approximate surface area is 145 Å². The lowest BCUT2D eigenvalue weighted by Crippen LogP contribution is -2.31. The molecule has 1 aliphatic heterocycles. The van der Waals surface area contributed by atoms with Crippen molar-refractivity contribution in [3.63, 3.8) is 0 Å². The molecule has 1 atom stereocenters. The summed E-state index contributed by atoms with van der Waals surface area (Å²) in [6, 6.07) is 11.9. The SMILES string of the molecule is O=C(NC[C@H]1CCCO1)c1ccc(NC(=O)c2ccc(F)cc2)cc1. The molecule has 5 nitrogen and oxygen atoms in total. The van der Waals surface area contributed by atoms with Crippen LogP contribution in [0.15, 0.2) is 48.5 Å². The molecule has 1 aliphatic rings. The average Bonchev–Trinajstić information content (AvgIpc) is 3.14. The zero-order valence-electron chi connectivity index (χ0n) is 13.6. The molecule has 0 aromatic heterocycles. The Bertz CT molecular complexity index is 738. The number of hydrogen-bond donors (Lipinski definition) is 2. The van der Waals surface area contributed by atoms with Gasteiger partial charge in [-0.25, -0.2) is 4.39 Å². The first-order chi connectivity index (χ1) is 12.1. The van der Waals surface area contributed by atoms with Crippen LogP contribution in [0.2, 0.25) is 0 Å². The number of anilines is 1. The Hall–Kier alpha value is -2.73. The first-order valence-corrected chi connectivity index (χ1v) is 8.18. The van der Waals surface area contributed by atoms with Gasteiger partial charge in [0.15, 0.2) is 0 Å². The second kappa shape index (κ2) is 7.90. The average molecular weight is 342 g/mol. The maximum Gasteiger partial charge on any atom is 0.255 e. The molecule has 1 heterocycles. The summed E-state index contributed by atoms with van der Waals surface area (Å²) < 4.78 is 18.3. The Morgan fingerprint density at radius 2 is 1.64 bits per heavy atom. The molecule has 2 aromatic rings. The number of benzene rings is 2. The summed E-state index contributed by atoms with van der Waals surface area (Å²) in [5, 5.41) is 5.55. The standard InChI is InChI=1S/C19H19FN2O3/c20-15-7-3-14(4-8-15)19(24)22-16-9-5-13(6-10-16)18(23)21-12-17-2-1-11-25-17/h3-10,17H,1-2,11-12H2,(H,21,23)(H,22,24)/t17-/m1/s1. The molecule has 0 spiro atoms. The lowest BCUT2D eigenvalue weighted by Gasteiger charge is -2.11. The molecule has 0 unspecified atom stereocenters. The van der Waals surface area contributed by atoms with Gasteiger partial charge in [-0.05, 0) is 61.4 Å². The van der Waals surface area contributed by atoms with E-state index in [-0.39, 0.29) is 17.9 Å². The first-order valence-electron chi connectivity index (χ1n) is 8.18. The van der Waals surface area contributed by atoms with Gasteiger partial charge in [-0.15, -0.1) is 0 Å². The Balaban J connectivity index is 1.55. The van der Waals surface area contributed by atoms with Crippen LogP contribution in [0.25, 0.3) is 0 Å². The largest absolute Gasteiger partial charge is 0.376 e. The van der Waals surface area contributed by atoms with Crippen molar-refractivity contribution in [1.29, 1.82) is 0 Å². The van der Waals surface area contributed by atoms with Crippen LogP contribution in [0.3, 0.4) is 0 Å². The zero-order chi connectivity index (χ0) is 17.6. The predicted molar refractivity (Wildman–Crippen MR) is 92.1 cm³/mol. The second-order valence-electron chi connectivity index (χ2n) is 5.88. The third-order valence-electron chi connectivity index (χ3n) is 4.03. The monoisotopic (exact) mass is 342 g/mol. The molecular weight excluding hydrogens is 323 g/mol. The summed E-state index contributed by atoms with van der Waals surface area (Å²) in [6.45, 7) is 1.25. The van der Waals surface area contributed by atoms with E-state index < -0.39 is 5.82 Å². The molecule has 0 aliphatic carbocycles. The molecule has 1 fully saturated rings. The molecule has 0 bridgehead atoms. The van der Waals surface area contributed by atoms with Crippen molar-refractivity contribution in [2.45, 2.75) is 18.9 Å². The highest BCUT2D eigenvalue weighted by molar-refractivity contribution is 6.04. The van der Waals surface area contributed by atoms with E-state index in [0.717, 1.165) is 19.4 Å². The van der Waals surface area contributed by atoms with Gasteiger partial charge >= 0.3 is 0 Å². The molecule has 25 heavy (non-hydrogen) atoms. The lowest BCUT2D eigenvalue weighted by molar-refractivity contribution is 0.0857. The number of carbonyl (C=O) groups is 2. The van der Waals surface area contributed by atoms with Crippen LogP contribution in [0.5, 0.6) is 0 Å². The summed E-state index contributed by atoms with van der Waals surface area (Å²) >= 11 is 0. The maximum atomic E-state index is 12.9. The van der Waals surface area contributed by atoms with Gasteiger partial charge in [0.05, 0.1) is 6.10 Å². The van der Waals surface area contributed by atoms with Crippen molar-refractivity contribution in [3.8, 4) is 0 Å². The van der Waals surface area contributed by atoms with Crippen LogP contribution in [0, 0.1) is 5.82 Å². The molecule has 0 saturated carbocycles. The van der Waals surface area contributed by atoms with E-state index in [2.05, 4.69) is 10.6 Å². The zero-order valence-corrected chi connectivity index (χ0v) is 13.6. The van der Waals surface area contributed by atoms with E-state index in [1.807, 2.05) is 0 Å². The number of amides is 2. The Morgan fingerprint density at radius 3 is 2.28 bits per heavy atom. The van der Waals surface area contributed by atoms with Gasteiger partial charge in [0.1, 0.15) is 5.82 Å². The van der Waals surface area contributed by atoms with Crippen LogP contribution >= 0.6 is 0 Å². The van der Waals surface area contributed by atoms with Crippen LogP contribution in [-0.2, 0) is 4.74 Å². The van der Waals surface area contributed by atoms with Crippen LogP contribution in [0.1, 0.15) is 33.6 Å². The minimum absolute atomic E-state index is 0.0956. The normalized spacial score (nSPS) is 16.4. The molecule has 0 radical (unpaired) electrons. The number of hydrogen-bond acceptors (Lipinski definition) is 3. The number of ether oxygens (including phenoxy) is 1. The number of rotatable bonds is 5. The van der Waals surface area contributed by atoms with E-state index in [0.29, 0.717) is 23.4 Å². The van der Waals surface area contributed by atoms with Crippen molar-refractivity contribution in [1.82, 2.24) is 5.32 Å². The fourth-order valence-electron chi connectivity index (χ4n) is 2.62. The minimum atomic E-state index is -0.394. The summed E-state index contributed by atoms with van der Waals surface area (Å²) in [5.74, 6) is -0.905. The van der Waals surface area contributed by atoms with Crippen molar-refractivity contribution in [2.75, 3.05) is 18.5 Å². The van der Waals surface area contributed by atoms with Crippen LogP contribution < -0.4 is 10.6 Å². The molecule has 2 amide bonds. The smallest absolute Gasteiger partial charge is 0.255 e. The molecule has 1 saturated heterocycles. The predicted octanol–water partition coefficient (Wildman–Crippen LogP) is 2.99. The third kappa shape index (κ3) is 4.64. The first kappa shape index (κ1) is 17.1. The summed E-state index contributed by atoms with van der Waals surface area (Å²) in [4.78, 5) is 24.2. The van der Waals surface area contributed by atoms with Gasteiger partial charge in [0.25, 0.3) is 11.8 Å². The van der Waals surface area contributed by atoms with Gasteiger partial charge in [-0.1, -0.05) is 0 Å². The van der Waals surface area contributed by atoms with Crippen LogP contribution in [-0.4, -0.2) is 31.1 Å². The topological polar surface area (TPSA) is 67.4 Å². The quantitative estimate of drug-likeness (QED) is 0.878. The summed E-state index contributed by atoms with van der Waals surface area (Å²) in [6.07, 6.45) is 2.09. The number of halogens is 1. The molecule has 3 rings (SSSR count). The lowest BCUT2D eigenvalue weighted by atomic mass is 10.1. The molecule has 6 heteroatoms. The third-order valence-corrected chi connectivity index (χ3v) is 4.03. The second-order valence-corrected chi connectivity index (χ2v) is 5.88. The highest BCUT2D eigenvalue weighted by Crippen LogP contribution is 2.13. The van der Waals surface area contributed by atoms with Crippen molar-refractivity contribution in [2.24, 2.45) is 0 Å². The Morgan fingerprint density at radius 1 is 1.00 bits per heavy atom. The highest BCUT2D eigenvalue weighted by atomic mass is 19.1. The molecular formula is C19H19FN2O3. The van der Waals surface area contributed by atoms with Crippen molar-refractivity contribution >= 4 is 17.5 Å². The number of nitrogens with one attached hydrogen (secondary N) is 2. The number of carbonyl (C=O) groups excluding carboxylic acids is 2. The van der Waals surface area contributed by atoms with Crippen LogP contribution in [0.4, 0.5) is 10.1 Å². The van der Waals surface area contributed by atoms with Gasteiger partial charge in [-0.2, -0.15) is 0 Å². The fraction of sp³-hybridized carbons (Fsp3) is 0.263.